The first-order valence-electron chi connectivity index (χ1n) is 8.58. The van der Waals surface area contributed by atoms with E-state index in [-0.39, 0.29) is 5.54 Å². The zero-order valence-electron chi connectivity index (χ0n) is 14.0. The number of rotatable bonds is 5. The van der Waals surface area contributed by atoms with E-state index in [1.165, 1.54) is 32.1 Å². The van der Waals surface area contributed by atoms with Gasteiger partial charge in [0.15, 0.2) is 0 Å². The molecule has 1 N–H and O–H groups in total. The Morgan fingerprint density at radius 2 is 1.90 bits per heavy atom. The molecular weight excluding hydrogens is 248 g/mol. The molecule has 2 rings (SSSR count). The summed E-state index contributed by atoms with van der Waals surface area (Å²) in [6.07, 6.45) is 7.22. The van der Waals surface area contributed by atoms with E-state index in [2.05, 4.69) is 37.9 Å². The maximum Gasteiger partial charge on any atom is 0.0597 e. The van der Waals surface area contributed by atoms with E-state index >= 15 is 0 Å². The van der Waals surface area contributed by atoms with Gasteiger partial charge in [-0.1, -0.05) is 33.1 Å². The Kier molecular flexibility index (Phi) is 5.88. The second-order valence-corrected chi connectivity index (χ2v) is 7.68. The topological polar surface area (TPSA) is 24.5 Å². The summed E-state index contributed by atoms with van der Waals surface area (Å²) in [6.45, 7) is 13.5. The number of nitrogens with one attached hydrogen (secondary N) is 1. The van der Waals surface area contributed by atoms with Gasteiger partial charge in [-0.2, -0.15) is 0 Å². The molecule has 3 nitrogen and oxygen atoms in total. The van der Waals surface area contributed by atoms with E-state index in [9.17, 15) is 0 Å². The zero-order chi connectivity index (χ0) is 14.6. The molecule has 118 valence electrons. The molecule has 1 saturated carbocycles. The van der Waals surface area contributed by atoms with Gasteiger partial charge in [0, 0.05) is 31.2 Å². The SMILES string of the molecule is CC(C)C1CNC(C)(C)CN1CCOC1CCCCC1. The Morgan fingerprint density at radius 3 is 2.55 bits per heavy atom. The van der Waals surface area contributed by atoms with Crippen molar-refractivity contribution in [1.29, 1.82) is 0 Å². The van der Waals surface area contributed by atoms with Crippen LogP contribution in [0, 0.1) is 5.92 Å². The zero-order valence-corrected chi connectivity index (χ0v) is 14.0. The third-order valence-corrected chi connectivity index (χ3v) is 4.91. The third kappa shape index (κ3) is 4.71. The van der Waals surface area contributed by atoms with Gasteiger partial charge < -0.3 is 10.1 Å². The van der Waals surface area contributed by atoms with Gasteiger partial charge in [-0.25, -0.2) is 0 Å². The van der Waals surface area contributed by atoms with Crippen LogP contribution in [0.5, 0.6) is 0 Å². The minimum absolute atomic E-state index is 0.232. The largest absolute Gasteiger partial charge is 0.377 e. The highest BCUT2D eigenvalue weighted by atomic mass is 16.5. The molecule has 0 amide bonds. The molecule has 20 heavy (non-hydrogen) atoms. The van der Waals surface area contributed by atoms with Gasteiger partial charge in [0.2, 0.25) is 0 Å². The molecule has 0 aromatic heterocycles. The first kappa shape index (κ1) is 16.3. The van der Waals surface area contributed by atoms with Crippen LogP contribution >= 0.6 is 0 Å². The van der Waals surface area contributed by atoms with Crippen molar-refractivity contribution in [2.45, 2.75) is 77.5 Å². The molecule has 0 bridgehead atoms. The molecule has 2 fully saturated rings. The van der Waals surface area contributed by atoms with E-state index < -0.39 is 0 Å². The van der Waals surface area contributed by atoms with E-state index in [1.54, 1.807) is 0 Å². The normalized spacial score (nSPS) is 28.9. The summed E-state index contributed by atoms with van der Waals surface area (Å²) in [6, 6.07) is 0.651. The molecular formula is C17H34N2O. The average Bonchev–Trinajstić information content (AvgIpc) is 2.38. The minimum atomic E-state index is 0.232. The van der Waals surface area contributed by atoms with Crippen LogP contribution in [0.3, 0.4) is 0 Å². The van der Waals surface area contributed by atoms with Crippen molar-refractivity contribution in [2.24, 2.45) is 5.92 Å². The second kappa shape index (κ2) is 7.24. The number of piperazine rings is 1. The van der Waals surface area contributed by atoms with Crippen LogP contribution in [-0.4, -0.2) is 48.8 Å². The maximum absolute atomic E-state index is 6.12. The van der Waals surface area contributed by atoms with Gasteiger partial charge in [0.25, 0.3) is 0 Å². The summed E-state index contributed by atoms with van der Waals surface area (Å²) >= 11 is 0. The predicted molar refractivity (Wildman–Crippen MR) is 85.1 cm³/mol. The molecule has 1 aliphatic heterocycles. The molecule has 3 heteroatoms. The molecule has 0 radical (unpaired) electrons. The van der Waals surface area contributed by atoms with Gasteiger partial charge in [0.05, 0.1) is 12.7 Å². The Hall–Kier alpha value is -0.120. The van der Waals surface area contributed by atoms with Crippen molar-refractivity contribution < 1.29 is 4.74 Å². The van der Waals surface area contributed by atoms with Gasteiger partial charge in [-0.3, -0.25) is 4.90 Å². The third-order valence-electron chi connectivity index (χ3n) is 4.91. The monoisotopic (exact) mass is 282 g/mol. The fourth-order valence-electron chi connectivity index (χ4n) is 3.66. The fraction of sp³-hybridized carbons (Fsp3) is 1.00. The molecule has 1 saturated heterocycles. The standard InChI is InChI=1S/C17H34N2O/c1-14(2)16-12-18-17(3,4)13-19(16)10-11-20-15-8-6-5-7-9-15/h14-16,18H,5-13H2,1-4H3. The maximum atomic E-state index is 6.12. The molecule has 1 unspecified atom stereocenters. The van der Waals surface area contributed by atoms with Gasteiger partial charge in [-0.05, 0) is 32.6 Å². The first-order chi connectivity index (χ1) is 9.48. The van der Waals surface area contributed by atoms with E-state index in [0.717, 1.165) is 26.2 Å². The van der Waals surface area contributed by atoms with E-state index in [4.69, 9.17) is 4.74 Å². The minimum Gasteiger partial charge on any atom is -0.377 e. The lowest BCUT2D eigenvalue weighted by molar-refractivity contribution is -0.00772. The molecule has 2 aliphatic rings. The highest BCUT2D eigenvalue weighted by Gasteiger charge is 2.33. The van der Waals surface area contributed by atoms with Crippen molar-refractivity contribution >= 4 is 0 Å². The summed E-state index contributed by atoms with van der Waals surface area (Å²) in [5.74, 6) is 0.702. The lowest BCUT2D eigenvalue weighted by atomic mass is 9.93. The van der Waals surface area contributed by atoms with Crippen LogP contribution in [0.4, 0.5) is 0 Å². The summed E-state index contributed by atoms with van der Waals surface area (Å²) in [7, 11) is 0. The summed E-state index contributed by atoms with van der Waals surface area (Å²) in [4.78, 5) is 2.64. The highest BCUT2D eigenvalue weighted by Crippen LogP contribution is 2.22. The quantitative estimate of drug-likeness (QED) is 0.839. The Balaban J connectivity index is 1.78. The van der Waals surface area contributed by atoms with Crippen molar-refractivity contribution in [1.82, 2.24) is 10.2 Å². The van der Waals surface area contributed by atoms with Crippen LogP contribution in [0.15, 0.2) is 0 Å². The lowest BCUT2D eigenvalue weighted by Gasteiger charge is -2.46. The summed E-state index contributed by atoms with van der Waals surface area (Å²) < 4.78 is 6.12. The van der Waals surface area contributed by atoms with Crippen LogP contribution in [0.2, 0.25) is 0 Å². The summed E-state index contributed by atoms with van der Waals surface area (Å²) in [5.41, 5.74) is 0.232. The van der Waals surface area contributed by atoms with Gasteiger partial charge in [-0.15, -0.1) is 0 Å². The molecule has 1 atom stereocenters. The number of nitrogens with zero attached hydrogens (tertiary/aromatic N) is 1. The van der Waals surface area contributed by atoms with E-state index in [0.29, 0.717) is 18.1 Å². The number of hydrogen-bond acceptors (Lipinski definition) is 3. The Morgan fingerprint density at radius 1 is 1.20 bits per heavy atom. The van der Waals surface area contributed by atoms with Crippen molar-refractivity contribution in [3.8, 4) is 0 Å². The average molecular weight is 282 g/mol. The summed E-state index contributed by atoms with van der Waals surface area (Å²) in [5, 5.41) is 3.68. The van der Waals surface area contributed by atoms with Gasteiger partial charge >= 0.3 is 0 Å². The van der Waals surface area contributed by atoms with Crippen LogP contribution in [0.1, 0.15) is 59.8 Å². The molecule has 0 spiro atoms. The van der Waals surface area contributed by atoms with Gasteiger partial charge in [0.1, 0.15) is 0 Å². The molecule has 1 heterocycles. The van der Waals surface area contributed by atoms with Crippen LogP contribution < -0.4 is 5.32 Å². The molecule has 1 aliphatic carbocycles. The van der Waals surface area contributed by atoms with Crippen LogP contribution in [0.25, 0.3) is 0 Å². The lowest BCUT2D eigenvalue weighted by Crippen LogP contribution is -2.63. The molecule has 0 aromatic rings. The first-order valence-corrected chi connectivity index (χ1v) is 8.58. The second-order valence-electron chi connectivity index (χ2n) is 7.68. The number of hydrogen-bond donors (Lipinski definition) is 1. The Labute approximate surface area is 125 Å². The van der Waals surface area contributed by atoms with Crippen molar-refractivity contribution in [2.75, 3.05) is 26.2 Å². The fourth-order valence-corrected chi connectivity index (χ4v) is 3.66. The van der Waals surface area contributed by atoms with Crippen LogP contribution in [-0.2, 0) is 4.74 Å². The Bertz CT molecular complexity index is 285. The smallest absolute Gasteiger partial charge is 0.0597 e. The molecule has 0 aromatic carbocycles. The van der Waals surface area contributed by atoms with E-state index in [1.807, 2.05) is 0 Å². The van der Waals surface area contributed by atoms with Crippen molar-refractivity contribution in [3.05, 3.63) is 0 Å². The van der Waals surface area contributed by atoms with Crippen molar-refractivity contribution in [3.63, 3.8) is 0 Å². The highest BCUT2D eigenvalue weighted by molar-refractivity contribution is 4.93. The number of ether oxygens (including phenoxy) is 1. The predicted octanol–water partition coefficient (Wildman–Crippen LogP) is 3.04.